The minimum absolute atomic E-state index is 0.0210. The van der Waals surface area contributed by atoms with E-state index < -0.39 is 18.3 Å². The van der Waals surface area contributed by atoms with Crippen LogP contribution in [-0.4, -0.2) is 18.1 Å². The van der Waals surface area contributed by atoms with E-state index in [9.17, 15) is 14.7 Å². The molecule has 0 bridgehead atoms. The Morgan fingerprint density at radius 3 is 2.40 bits per heavy atom. The Morgan fingerprint density at radius 1 is 1.40 bits per heavy atom. The first-order valence-corrected chi connectivity index (χ1v) is 7.93. The third kappa shape index (κ3) is 3.77. The number of rotatable bonds is 7. The Morgan fingerprint density at radius 2 is 1.95 bits per heavy atom. The van der Waals surface area contributed by atoms with Crippen molar-refractivity contribution < 1.29 is 18.5 Å². The molecule has 0 aliphatic heterocycles. The molecule has 1 rings (SSSR count). The topological polar surface area (TPSA) is 105 Å². The van der Waals surface area contributed by atoms with Crippen LogP contribution in [0.5, 0.6) is 0 Å². The second kappa shape index (κ2) is 7.15. The zero-order valence-electron chi connectivity index (χ0n) is 11.1. The molecule has 0 saturated heterocycles. The minimum atomic E-state index is -3.70. The molecular weight excluding hydrogens is 307 g/mol. The van der Waals surface area contributed by atoms with Gasteiger partial charge in [-0.25, -0.2) is 0 Å². The minimum Gasteiger partial charge on any atom is -0.314 e. The summed E-state index contributed by atoms with van der Waals surface area (Å²) >= 11 is 5.82. The molecular formula is C11H16ClN2O5P. The number of hydrogen-bond donors (Lipinski definition) is 1. The molecule has 2 N–H and O–H groups in total. The monoisotopic (exact) mass is 322 g/mol. The van der Waals surface area contributed by atoms with Crippen molar-refractivity contribution in [3.8, 4) is 0 Å². The molecule has 0 radical (unpaired) electrons. The number of halogens is 1. The molecule has 0 amide bonds. The van der Waals surface area contributed by atoms with Crippen molar-refractivity contribution in [3.63, 3.8) is 0 Å². The van der Waals surface area contributed by atoms with Gasteiger partial charge in [-0.15, -0.1) is 0 Å². The lowest BCUT2D eigenvalue weighted by Crippen LogP contribution is -2.16. The number of nitro groups is 1. The Bertz CT molecular complexity index is 530. The van der Waals surface area contributed by atoms with E-state index >= 15 is 0 Å². The maximum Gasteiger partial charge on any atom is 0.351 e. The summed E-state index contributed by atoms with van der Waals surface area (Å²) in [5.74, 6) is -1.28. The number of hydrogen-bond acceptors (Lipinski definition) is 6. The third-order valence-electron chi connectivity index (χ3n) is 2.46. The van der Waals surface area contributed by atoms with E-state index in [-0.39, 0.29) is 29.5 Å². The van der Waals surface area contributed by atoms with Crippen molar-refractivity contribution in [2.45, 2.75) is 19.6 Å². The van der Waals surface area contributed by atoms with Gasteiger partial charge in [-0.05, 0) is 26.0 Å². The highest BCUT2D eigenvalue weighted by Crippen LogP contribution is 2.59. The van der Waals surface area contributed by atoms with Crippen molar-refractivity contribution in [1.29, 1.82) is 0 Å². The highest BCUT2D eigenvalue weighted by molar-refractivity contribution is 7.54. The fraction of sp³-hybridized carbons (Fsp3) is 0.455. The Labute approximate surface area is 121 Å². The van der Waals surface area contributed by atoms with Crippen LogP contribution in [0.4, 0.5) is 5.69 Å². The first kappa shape index (κ1) is 17.1. The van der Waals surface area contributed by atoms with Crippen LogP contribution in [0, 0.1) is 10.1 Å². The summed E-state index contributed by atoms with van der Waals surface area (Å²) in [5, 5.41) is 11.3. The van der Waals surface area contributed by atoms with Gasteiger partial charge in [0.2, 0.25) is 0 Å². The molecule has 0 aliphatic carbocycles. The van der Waals surface area contributed by atoms with Crippen LogP contribution in [0.2, 0.25) is 5.02 Å². The molecule has 0 spiro atoms. The van der Waals surface area contributed by atoms with Gasteiger partial charge in [0.25, 0.3) is 5.69 Å². The molecule has 0 fully saturated rings. The van der Waals surface area contributed by atoms with Crippen molar-refractivity contribution in [3.05, 3.63) is 38.9 Å². The quantitative estimate of drug-likeness (QED) is 0.468. The molecule has 9 heteroatoms. The summed E-state index contributed by atoms with van der Waals surface area (Å²) in [7, 11) is -3.70. The summed E-state index contributed by atoms with van der Waals surface area (Å²) in [4.78, 5) is 10.4. The summed E-state index contributed by atoms with van der Waals surface area (Å²) in [6.45, 7) is 3.48. The zero-order valence-corrected chi connectivity index (χ0v) is 12.8. The van der Waals surface area contributed by atoms with Gasteiger partial charge in [-0.1, -0.05) is 11.6 Å². The molecule has 1 aromatic carbocycles. The molecule has 0 heterocycles. The molecule has 0 unspecified atom stereocenters. The standard InChI is InChI=1S/C11H16ClN2O5P/c1-3-18-20(17,19-4-2)11(13)9-7-8(12)5-6-10(9)14(15)16/h5-7,11H,3-4,13H2,1-2H3/t11-/m0/s1. The molecule has 20 heavy (non-hydrogen) atoms. The van der Waals surface area contributed by atoms with E-state index in [0.717, 1.165) is 0 Å². The highest BCUT2D eigenvalue weighted by Gasteiger charge is 2.37. The predicted octanol–water partition coefficient (Wildman–Crippen LogP) is 3.47. The van der Waals surface area contributed by atoms with E-state index in [1.807, 2.05) is 0 Å². The SMILES string of the molecule is CCOP(=O)(OCC)[C@H](N)c1cc(Cl)ccc1[N+](=O)[O-]. The van der Waals surface area contributed by atoms with Gasteiger partial charge in [0, 0.05) is 11.1 Å². The van der Waals surface area contributed by atoms with Crippen LogP contribution in [0.3, 0.4) is 0 Å². The fourth-order valence-corrected chi connectivity index (χ4v) is 3.50. The van der Waals surface area contributed by atoms with Crippen LogP contribution in [0.1, 0.15) is 25.2 Å². The summed E-state index contributed by atoms with van der Waals surface area (Å²) in [6, 6.07) is 3.87. The van der Waals surface area contributed by atoms with E-state index in [1.54, 1.807) is 13.8 Å². The van der Waals surface area contributed by atoms with Gasteiger partial charge >= 0.3 is 7.60 Å². The Kier molecular flexibility index (Phi) is 6.10. The molecule has 0 saturated carbocycles. The summed E-state index contributed by atoms with van der Waals surface area (Å²) in [5.41, 5.74) is 5.62. The van der Waals surface area contributed by atoms with Crippen LogP contribution >= 0.6 is 19.2 Å². The summed E-state index contributed by atoms with van der Waals surface area (Å²) in [6.07, 6.45) is 0. The second-order valence-corrected chi connectivity index (χ2v) is 6.37. The molecule has 0 aromatic heterocycles. The molecule has 1 aromatic rings. The lowest BCUT2D eigenvalue weighted by molar-refractivity contribution is -0.385. The smallest absolute Gasteiger partial charge is 0.314 e. The van der Waals surface area contributed by atoms with E-state index in [4.69, 9.17) is 26.4 Å². The lowest BCUT2D eigenvalue weighted by atomic mass is 10.2. The van der Waals surface area contributed by atoms with E-state index in [0.29, 0.717) is 0 Å². The van der Waals surface area contributed by atoms with Crippen LogP contribution in [-0.2, 0) is 13.6 Å². The second-order valence-electron chi connectivity index (χ2n) is 3.78. The van der Waals surface area contributed by atoms with Gasteiger partial charge in [-0.3, -0.25) is 14.7 Å². The van der Waals surface area contributed by atoms with Gasteiger partial charge in [0.1, 0.15) is 5.78 Å². The third-order valence-corrected chi connectivity index (χ3v) is 4.89. The Hall–Kier alpha value is -0.980. The van der Waals surface area contributed by atoms with Crippen molar-refractivity contribution in [2.75, 3.05) is 13.2 Å². The summed E-state index contributed by atoms with van der Waals surface area (Å²) < 4.78 is 22.8. The average Bonchev–Trinajstić information content (AvgIpc) is 2.37. The number of nitrogens with two attached hydrogens (primary N) is 1. The predicted molar refractivity (Wildman–Crippen MR) is 75.9 cm³/mol. The Balaban J connectivity index is 3.30. The lowest BCUT2D eigenvalue weighted by Gasteiger charge is -2.23. The largest absolute Gasteiger partial charge is 0.351 e. The van der Waals surface area contributed by atoms with E-state index in [1.165, 1.54) is 18.2 Å². The van der Waals surface area contributed by atoms with Gasteiger partial charge in [0.05, 0.1) is 23.7 Å². The molecule has 0 aliphatic rings. The maximum atomic E-state index is 12.6. The van der Waals surface area contributed by atoms with Crippen molar-refractivity contribution in [1.82, 2.24) is 0 Å². The van der Waals surface area contributed by atoms with Gasteiger partial charge < -0.3 is 14.8 Å². The van der Waals surface area contributed by atoms with Gasteiger partial charge in [-0.2, -0.15) is 0 Å². The fourth-order valence-electron chi connectivity index (χ4n) is 1.66. The van der Waals surface area contributed by atoms with Crippen LogP contribution < -0.4 is 5.73 Å². The maximum absolute atomic E-state index is 12.6. The average molecular weight is 323 g/mol. The first-order valence-electron chi connectivity index (χ1n) is 5.94. The van der Waals surface area contributed by atoms with Crippen molar-refractivity contribution >= 4 is 24.9 Å². The van der Waals surface area contributed by atoms with Gasteiger partial charge in [0.15, 0.2) is 0 Å². The molecule has 1 atom stereocenters. The highest BCUT2D eigenvalue weighted by atomic mass is 35.5. The number of nitrogens with zero attached hydrogens (tertiary/aromatic N) is 1. The number of benzene rings is 1. The normalized spacial score (nSPS) is 13.2. The first-order chi connectivity index (χ1) is 9.35. The van der Waals surface area contributed by atoms with Crippen LogP contribution in [0.15, 0.2) is 18.2 Å². The molecule has 7 nitrogen and oxygen atoms in total. The molecule has 112 valence electrons. The van der Waals surface area contributed by atoms with Crippen LogP contribution in [0.25, 0.3) is 0 Å². The van der Waals surface area contributed by atoms with Crippen molar-refractivity contribution in [2.24, 2.45) is 5.73 Å². The van der Waals surface area contributed by atoms with E-state index in [2.05, 4.69) is 0 Å². The number of nitro benzene ring substituents is 1. The zero-order chi connectivity index (χ0) is 15.3.